The van der Waals surface area contributed by atoms with E-state index in [1.165, 1.54) is 51.6 Å². The largest absolute Gasteiger partial charge is 0.317 e. The van der Waals surface area contributed by atoms with Gasteiger partial charge in [-0.15, -0.1) is 0 Å². The van der Waals surface area contributed by atoms with E-state index in [0.29, 0.717) is 11.3 Å². The van der Waals surface area contributed by atoms with Gasteiger partial charge in [-0.2, -0.15) is 0 Å². The van der Waals surface area contributed by atoms with E-state index in [0.717, 1.165) is 12.7 Å². The second-order valence-electron chi connectivity index (χ2n) is 5.10. The highest BCUT2D eigenvalue weighted by molar-refractivity contribution is 5.49. The van der Waals surface area contributed by atoms with Crippen molar-refractivity contribution in [1.29, 1.82) is 0 Å². The van der Waals surface area contributed by atoms with Crippen molar-refractivity contribution in [3.8, 4) is 0 Å². The fraction of sp³-hybridized carbons (Fsp3) is 0.917. The van der Waals surface area contributed by atoms with Crippen LogP contribution in [-0.2, 0) is 4.79 Å². The summed E-state index contributed by atoms with van der Waals surface area (Å²) in [6.45, 7) is 2.41. The molecule has 1 aliphatic carbocycles. The molecule has 2 nitrogen and oxygen atoms in total. The van der Waals surface area contributed by atoms with Crippen molar-refractivity contribution < 1.29 is 4.79 Å². The molecule has 2 aliphatic rings. The first kappa shape index (κ1) is 10.2. The number of hydrogen-bond donors (Lipinski definition) is 1. The first-order chi connectivity index (χ1) is 6.85. The molecule has 2 heteroatoms. The van der Waals surface area contributed by atoms with Crippen LogP contribution in [0.25, 0.3) is 0 Å². The molecule has 1 heterocycles. The molecule has 1 N–H and O–H groups in total. The van der Waals surface area contributed by atoms with E-state index in [1.807, 2.05) is 0 Å². The summed E-state index contributed by atoms with van der Waals surface area (Å²) in [4.78, 5) is 10.4. The van der Waals surface area contributed by atoms with Gasteiger partial charge in [0.2, 0.25) is 0 Å². The zero-order valence-electron chi connectivity index (χ0n) is 8.93. The summed E-state index contributed by atoms with van der Waals surface area (Å²) in [5.74, 6) is 0.702. The lowest BCUT2D eigenvalue weighted by Gasteiger charge is -2.43. The fourth-order valence-corrected chi connectivity index (χ4v) is 3.12. The van der Waals surface area contributed by atoms with Gasteiger partial charge < -0.3 is 10.1 Å². The maximum Gasteiger partial charge on any atom is 0.120 e. The highest BCUT2D eigenvalue weighted by Crippen LogP contribution is 2.45. The Morgan fingerprint density at radius 1 is 1.14 bits per heavy atom. The lowest BCUT2D eigenvalue weighted by molar-refractivity contribution is -0.109. The Morgan fingerprint density at radius 2 is 1.79 bits per heavy atom. The molecule has 0 bridgehead atoms. The number of carbonyl (C=O) groups is 1. The minimum atomic E-state index is 0.657. The Balaban J connectivity index is 1.84. The van der Waals surface area contributed by atoms with E-state index < -0.39 is 0 Å². The van der Waals surface area contributed by atoms with Crippen LogP contribution in [0.3, 0.4) is 0 Å². The first-order valence-electron chi connectivity index (χ1n) is 5.99. The number of nitrogens with one attached hydrogen (secondary N) is 1. The summed E-state index contributed by atoms with van der Waals surface area (Å²) in [6.07, 6.45) is 9.94. The van der Waals surface area contributed by atoms with Crippen molar-refractivity contribution in [3.63, 3.8) is 0 Å². The van der Waals surface area contributed by atoms with Gasteiger partial charge in [-0.3, -0.25) is 0 Å². The average molecular weight is 195 g/mol. The fourth-order valence-electron chi connectivity index (χ4n) is 3.12. The molecule has 1 spiro atoms. The topological polar surface area (TPSA) is 29.1 Å². The molecule has 0 atom stereocenters. The van der Waals surface area contributed by atoms with E-state index >= 15 is 0 Å². The Hall–Kier alpha value is -0.370. The third-order valence-corrected chi connectivity index (χ3v) is 4.26. The zero-order chi connectivity index (χ0) is 9.86. The second-order valence-corrected chi connectivity index (χ2v) is 5.10. The van der Waals surface area contributed by atoms with Crippen molar-refractivity contribution in [3.05, 3.63) is 0 Å². The van der Waals surface area contributed by atoms with Crippen LogP contribution >= 0.6 is 0 Å². The van der Waals surface area contributed by atoms with Crippen LogP contribution < -0.4 is 5.32 Å². The van der Waals surface area contributed by atoms with Crippen molar-refractivity contribution >= 4 is 6.29 Å². The molecule has 2 fully saturated rings. The van der Waals surface area contributed by atoms with Crippen LogP contribution in [0.1, 0.15) is 44.9 Å². The average Bonchev–Trinajstić information content (AvgIpc) is 2.24. The Kier molecular flexibility index (Phi) is 3.22. The van der Waals surface area contributed by atoms with Crippen molar-refractivity contribution in [2.45, 2.75) is 44.9 Å². The van der Waals surface area contributed by atoms with Crippen LogP contribution in [0.15, 0.2) is 0 Å². The van der Waals surface area contributed by atoms with Gasteiger partial charge in [-0.1, -0.05) is 0 Å². The van der Waals surface area contributed by atoms with Crippen molar-refractivity contribution in [2.75, 3.05) is 13.1 Å². The van der Waals surface area contributed by atoms with Crippen molar-refractivity contribution in [2.24, 2.45) is 11.3 Å². The highest BCUT2D eigenvalue weighted by atomic mass is 16.1. The van der Waals surface area contributed by atoms with E-state index in [-0.39, 0.29) is 0 Å². The number of carbonyl (C=O) groups excluding carboxylic acids is 1. The Bertz CT molecular complexity index is 186. The van der Waals surface area contributed by atoms with Gasteiger partial charge >= 0.3 is 0 Å². The summed E-state index contributed by atoms with van der Waals surface area (Å²) in [5.41, 5.74) is 0.657. The molecule has 1 saturated heterocycles. The summed E-state index contributed by atoms with van der Waals surface area (Å²) in [6, 6.07) is 0. The zero-order valence-corrected chi connectivity index (χ0v) is 8.93. The van der Waals surface area contributed by atoms with Crippen LogP contribution in [0.5, 0.6) is 0 Å². The van der Waals surface area contributed by atoms with Crippen molar-refractivity contribution in [1.82, 2.24) is 5.32 Å². The third-order valence-electron chi connectivity index (χ3n) is 4.26. The molecule has 0 aromatic heterocycles. The van der Waals surface area contributed by atoms with Gasteiger partial charge in [-0.25, -0.2) is 0 Å². The molecule has 1 saturated carbocycles. The molecule has 0 aromatic carbocycles. The molecule has 0 unspecified atom stereocenters. The molecule has 80 valence electrons. The molecule has 0 aromatic rings. The van der Waals surface area contributed by atoms with E-state index in [9.17, 15) is 4.79 Å². The van der Waals surface area contributed by atoms with Gasteiger partial charge in [0.25, 0.3) is 0 Å². The van der Waals surface area contributed by atoms with Gasteiger partial charge in [0.15, 0.2) is 0 Å². The monoisotopic (exact) mass is 195 g/mol. The lowest BCUT2D eigenvalue weighted by atomic mass is 9.65. The van der Waals surface area contributed by atoms with E-state index in [2.05, 4.69) is 5.32 Å². The van der Waals surface area contributed by atoms with E-state index in [4.69, 9.17) is 0 Å². The highest BCUT2D eigenvalue weighted by Gasteiger charge is 2.35. The molecule has 0 amide bonds. The number of piperidine rings is 1. The predicted molar refractivity (Wildman–Crippen MR) is 57.2 cm³/mol. The smallest absolute Gasteiger partial charge is 0.120 e. The minimum Gasteiger partial charge on any atom is -0.317 e. The molecular weight excluding hydrogens is 174 g/mol. The molecule has 14 heavy (non-hydrogen) atoms. The summed E-state index contributed by atoms with van der Waals surface area (Å²) < 4.78 is 0. The minimum absolute atomic E-state index is 0.657. The van der Waals surface area contributed by atoms with E-state index in [1.54, 1.807) is 0 Å². The molecule has 1 aliphatic heterocycles. The third kappa shape index (κ3) is 2.17. The molecule has 2 rings (SSSR count). The summed E-state index contributed by atoms with van der Waals surface area (Å²) in [5, 5.41) is 3.44. The Morgan fingerprint density at radius 3 is 2.36 bits per heavy atom. The Labute approximate surface area is 86.5 Å². The predicted octanol–water partition coefficient (Wildman–Crippen LogP) is 2.14. The van der Waals surface area contributed by atoms with Gasteiger partial charge in [0.05, 0.1) is 0 Å². The van der Waals surface area contributed by atoms with Gasteiger partial charge in [-0.05, 0) is 62.9 Å². The lowest BCUT2D eigenvalue weighted by Crippen LogP contribution is -2.39. The van der Waals surface area contributed by atoms with Crippen LogP contribution in [0, 0.1) is 11.3 Å². The maximum absolute atomic E-state index is 10.4. The second kappa shape index (κ2) is 4.43. The summed E-state index contributed by atoms with van der Waals surface area (Å²) in [7, 11) is 0. The molecule has 0 radical (unpaired) electrons. The van der Waals surface area contributed by atoms with Gasteiger partial charge in [0, 0.05) is 6.42 Å². The SMILES string of the molecule is O=CCC1CCC2(CCNCC2)CC1. The van der Waals surface area contributed by atoms with Gasteiger partial charge in [0.1, 0.15) is 6.29 Å². The maximum atomic E-state index is 10.4. The normalized spacial score (nSPS) is 27.7. The standard InChI is InChI=1S/C12H21NO/c14-10-3-11-1-4-12(5-2-11)6-8-13-9-7-12/h10-11,13H,1-9H2. The first-order valence-corrected chi connectivity index (χ1v) is 5.99. The number of rotatable bonds is 2. The quantitative estimate of drug-likeness (QED) is 0.684. The van der Waals surface area contributed by atoms with Crippen LogP contribution in [0.2, 0.25) is 0 Å². The van der Waals surface area contributed by atoms with Crippen LogP contribution in [-0.4, -0.2) is 19.4 Å². The van der Waals surface area contributed by atoms with Crippen LogP contribution in [0.4, 0.5) is 0 Å². The molecular formula is C12H21NO. The summed E-state index contributed by atoms with van der Waals surface area (Å²) >= 11 is 0. The number of aldehydes is 1. The number of hydrogen-bond acceptors (Lipinski definition) is 2.